The molecule has 3 rings (SSSR count). The SMILES string of the molecule is CC1C(=O)[N+](=NO)c2ccccc2-c2cc(F)ccc21. The van der Waals surface area contributed by atoms with Gasteiger partial charge in [-0.2, -0.15) is 0 Å². The summed E-state index contributed by atoms with van der Waals surface area (Å²) in [6.07, 6.45) is 0. The van der Waals surface area contributed by atoms with Gasteiger partial charge in [0, 0.05) is 10.8 Å². The number of carbonyl (C=O) groups excluding carboxylic acids is 1. The molecule has 5 heteroatoms. The molecule has 1 N–H and O–H groups in total. The molecule has 1 heterocycles. The fraction of sp³-hybridized carbons (Fsp3) is 0.133. The van der Waals surface area contributed by atoms with E-state index in [0.29, 0.717) is 16.8 Å². The van der Waals surface area contributed by atoms with Crippen LogP contribution in [0.4, 0.5) is 10.1 Å². The number of hydrogen-bond acceptors (Lipinski definition) is 2. The standard InChI is InChI=1S/C15H11FN2O2/c1-9-11-7-6-10(16)8-13(11)12-4-2-3-5-14(12)18(17-20)15(9)19/h2-9H,1H3/p+1. The lowest BCUT2D eigenvalue weighted by Crippen LogP contribution is -2.19. The van der Waals surface area contributed by atoms with E-state index >= 15 is 0 Å². The Kier molecular flexibility index (Phi) is 2.82. The number of halogens is 1. The summed E-state index contributed by atoms with van der Waals surface area (Å²) in [5.74, 6) is -1.24. The van der Waals surface area contributed by atoms with Crippen molar-refractivity contribution in [3.63, 3.8) is 0 Å². The number of para-hydroxylation sites is 1. The summed E-state index contributed by atoms with van der Waals surface area (Å²) in [5.41, 5.74) is 2.47. The van der Waals surface area contributed by atoms with Gasteiger partial charge in [0.2, 0.25) is 0 Å². The Morgan fingerprint density at radius 2 is 1.95 bits per heavy atom. The first-order valence-electron chi connectivity index (χ1n) is 6.21. The Labute approximate surface area is 114 Å². The third-order valence-electron chi connectivity index (χ3n) is 3.57. The van der Waals surface area contributed by atoms with Gasteiger partial charge in [-0.15, -0.1) is 0 Å². The first-order valence-corrected chi connectivity index (χ1v) is 6.21. The van der Waals surface area contributed by atoms with Crippen molar-refractivity contribution < 1.29 is 19.1 Å². The normalized spacial score (nSPS) is 19.4. The number of rotatable bonds is 0. The van der Waals surface area contributed by atoms with E-state index < -0.39 is 5.92 Å². The van der Waals surface area contributed by atoms with Crippen LogP contribution >= 0.6 is 0 Å². The summed E-state index contributed by atoms with van der Waals surface area (Å²) in [4.78, 5) is 12.4. The van der Waals surface area contributed by atoms with E-state index in [0.717, 1.165) is 10.3 Å². The zero-order chi connectivity index (χ0) is 14.3. The van der Waals surface area contributed by atoms with Gasteiger partial charge in [-0.25, -0.2) is 9.18 Å². The molecule has 1 atom stereocenters. The molecule has 2 aromatic rings. The van der Waals surface area contributed by atoms with Crippen LogP contribution < -0.4 is 0 Å². The topological polar surface area (TPSA) is 52.7 Å². The second-order valence-electron chi connectivity index (χ2n) is 4.71. The molecule has 4 nitrogen and oxygen atoms in total. The van der Waals surface area contributed by atoms with Gasteiger partial charge in [-0.3, -0.25) is 0 Å². The van der Waals surface area contributed by atoms with Gasteiger partial charge in [0.1, 0.15) is 11.7 Å². The average molecular weight is 271 g/mol. The number of carbonyl (C=O) groups is 1. The molecule has 20 heavy (non-hydrogen) atoms. The third-order valence-corrected chi connectivity index (χ3v) is 3.57. The lowest BCUT2D eigenvalue weighted by Gasteiger charge is -2.08. The predicted molar refractivity (Wildman–Crippen MR) is 69.4 cm³/mol. The molecule has 1 aliphatic rings. The molecule has 0 aromatic heterocycles. The Morgan fingerprint density at radius 1 is 1.20 bits per heavy atom. The van der Waals surface area contributed by atoms with E-state index in [4.69, 9.17) is 5.21 Å². The highest BCUT2D eigenvalue weighted by atomic mass is 19.1. The summed E-state index contributed by atoms with van der Waals surface area (Å²) in [5, 5.41) is 12.2. The minimum Gasteiger partial charge on any atom is -0.362 e. The molecule has 0 saturated carbocycles. The Morgan fingerprint density at radius 3 is 2.70 bits per heavy atom. The Bertz CT molecular complexity index is 740. The molecule has 0 aliphatic carbocycles. The van der Waals surface area contributed by atoms with Gasteiger partial charge >= 0.3 is 5.91 Å². The molecule has 100 valence electrons. The van der Waals surface area contributed by atoms with Gasteiger partial charge in [-0.05, 0) is 36.2 Å². The number of hydrogen-bond donors (Lipinski definition) is 1. The van der Waals surface area contributed by atoms with E-state index in [1.165, 1.54) is 12.1 Å². The molecule has 0 saturated heterocycles. The van der Waals surface area contributed by atoms with Crippen LogP contribution in [0.25, 0.3) is 11.1 Å². The van der Waals surface area contributed by atoms with Crippen LogP contribution in [0, 0.1) is 5.82 Å². The first kappa shape index (κ1) is 12.5. The van der Waals surface area contributed by atoms with E-state index in [2.05, 4.69) is 5.28 Å². The maximum Gasteiger partial charge on any atom is 0.427 e. The van der Waals surface area contributed by atoms with Crippen LogP contribution in [0.3, 0.4) is 0 Å². The highest BCUT2D eigenvalue weighted by Gasteiger charge is 2.38. The summed E-state index contributed by atoms with van der Waals surface area (Å²) in [7, 11) is 0. The summed E-state index contributed by atoms with van der Waals surface area (Å²) in [6.45, 7) is 1.71. The number of fused-ring (bicyclic) bond motifs is 3. The van der Waals surface area contributed by atoms with Crippen LogP contribution in [0.2, 0.25) is 0 Å². The molecular formula is C15H12FN2O2+. The van der Waals surface area contributed by atoms with Crippen LogP contribution in [0.1, 0.15) is 18.4 Å². The number of benzene rings is 2. The average Bonchev–Trinajstić information content (AvgIpc) is 2.55. The molecule has 0 bridgehead atoms. The molecule has 0 spiro atoms. The van der Waals surface area contributed by atoms with Crippen molar-refractivity contribution in [2.75, 3.05) is 0 Å². The summed E-state index contributed by atoms with van der Waals surface area (Å²) < 4.78 is 14.5. The van der Waals surface area contributed by atoms with E-state index in [1.54, 1.807) is 37.3 Å². The summed E-state index contributed by atoms with van der Waals surface area (Å²) in [6, 6.07) is 11.3. The molecule has 1 unspecified atom stereocenters. The predicted octanol–water partition coefficient (Wildman–Crippen LogP) is 3.62. The molecule has 0 radical (unpaired) electrons. The highest BCUT2D eigenvalue weighted by molar-refractivity contribution is 5.88. The third kappa shape index (κ3) is 1.71. The maximum absolute atomic E-state index is 13.6. The van der Waals surface area contributed by atoms with Crippen LogP contribution in [-0.2, 0) is 4.79 Å². The molecule has 1 amide bonds. The van der Waals surface area contributed by atoms with Crippen molar-refractivity contribution in [1.82, 2.24) is 0 Å². The lowest BCUT2D eigenvalue weighted by atomic mass is 9.92. The quantitative estimate of drug-likeness (QED) is 0.587. The molecule has 2 aromatic carbocycles. The monoisotopic (exact) mass is 271 g/mol. The van der Waals surface area contributed by atoms with Gasteiger partial charge in [-0.1, -0.05) is 18.2 Å². The van der Waals surface area contributed by atoms with Crippen LogP contribution in [-0.4, -0.2) is 15.8 Å². The number of amides is 1. The molecule has 0 fully saturated rings. The fourth-order valence-corrected chi connectivity index (χ4v) is 2.55. The first-order chi connectivity index (χ1) is 9.63. The van der Waals surface area contributed by atoms with Crippen LogP contribution in [0.15, 0.2) is 47.7 Å². The van der Waals surface area contributed by atoms with Crippen molar-refractivity contribution in [3.8, 4) is 11.1 Å². The zero-order valence-electron chi connectivity index (χ0n) is 10.7. The van der Waals surface area contributed by atoms with Crippen molar-refractivity contribution >= 4 is 11.6 Å². The minimum absolute atomic E-state index is 0.356. The minimum atomic E-state index is -0.520. The van der Waals surface area contributed by atoms with E-state index in [9.17, 15) is 9.18 Å². The second kappa shape index (κ2) is 4.52. The Balaban J connectivity index is 2.41. The molecule has 1 aliphatic heterocycles. The second-order valence-corrected chi connectivity index (χ2v) is 4.71. The lowest BCUT2D eigenvalue weighted by molar-refractivity contribution is -0.464. The highest BCUT2D eigenvalue weighted by Crippen LogP contribution is 2.40. The van der Waals surface area contributed by atoms with Gasteiger partial charge < -0.3 is 5.21 Å². The van der Waals surface area contributed by atoms with Crippen molar-refractivity contribution in [2.45, 2.75) is 12.8 Å². The van der Waals surface area contributed by atoms with Crippen molar-refractivity contribution in [3.05, 3.63) is 53.8 Å². The van der Waals surface area contributed by atoms with Gasteiger partial charge in [0.25, 0.3) is 5.69 Å². The maximum atomic E-state index is 13.6. The smallest absolute Gasteiger partial charge is 0.362 e. The Hall–Kier alpha value is -2.56. The fourth-order valence-electron chi connectivity index (χ4n) is 2.55. The molecular weight excluding hydrogens is 259 g/mol. The van der Waals surface area contributed by atoms with Gasteiger partial charge in [0.05, 0.1) is 5.56 Å². The van der Waals surface area contributed by atoms with Crippen LogP contribution in [0.5, 0.6) is 0 Å². The van der Waals surface area contributed by atoms with Gasteiger partial charge in [0.15, 0.2) is 5.28 Å². The van der Waals surface area contributed by atoms with E-state index in [1.807, 2.05) is 0 Å². The number of nitrogens with zero attached hydrogens (tertiary/aromatic N) is 2. The van der Waals surface area contributed by atoms with Crippen molar-refractivity contribution in [2.24, 2.45) is 5.28 Å². The van der Waals surface area contributed by atoms with E-state index in [-0.39, 0.29) is 11.7 Å². The summed E-state index contributed by atoms with van der Waals surface area (Å²) >= 11 is 0. The zero-order valence-corrected chi connectivity index (χ0v) is 10.7. The largest absolute Gasteiger partial charge is 0.427 e. The van der Waals surface area contributed by atoms with Crippen molar-refractivity contribution in [1.29, 1.82) is 0 Å².